The van der Waals surface area contributed by atoms with Crippen molar-refractivity contribution in [1.29, 1.82) is 0 Å². The van der Waals surface area contributed by atoms with E-state index in [0.717, 1.165) is 26.1 Å². The molecule has 0 unspecified atom stereocenters. The van der Waals surface area contributed by atoms with E-state index >= 15 is 0 Å². The van der Waals surface area contributed by atoms with Gasteiger partial charge in [0, 0.05) is 6.54 Å². The molecule has 0 heterocycles. The molecule has 1 aromatic carbocycles. The van der Waals surface area contributed by atoms with Crippen LogP contribution in [0.3, 0.4) is 0 Å². The molecule has 2 heteroatoms. The van der Waals surface area contributed by atoms with Gasteiger partial charge in [0.1, 0.15) is 0 Å². The molecule has 19 heavy (non-hydrogen) atoms. The fraction of sp³-hybridized carbons (Fsp3) is 0.647. The molecule has 0 atom stereocenters. The largest absolute Gasteiger partial charge is 0.330 e. The molecule has 2 rings (SSSR count). The summed E-state index contributed by atoms with van der Waals surface area (Å²) in [6.45, 7) is 11.9. The van der Waals surface area contributed by atoms with Crippen molar-refractivity contribution in [2.24, 2.45) is 11.1 Å². The first-order valence-electron chi connectivity index (χ1n) is 7.46. The molecule has 1 saturated carbocycles. The van der Waals surface area contributed by atoms with E-state index in [1.165, 1.54) is 40.7 Å². The zero-order valence-corrected chi connectivity index (χ0v) is 12.9. The second-order valence-corrected chi connectivity index (χ2v) is 6.37. The topological polar surface area (TPSA) is 38.0 Å². The Balaban J connectivity index is 1.92. The minimum atomic E-state index is 0.437. The number of nitrogens with two attached hydrogens (primary N) is 1. The van der Waals surface area contributed by atoms with Crippen LogP contribution in [-0.2, 0) is 6.42 Å². The summed E-state index contributed by atoms with van der Waals surface area (Å²) in [5.74, 6) is 0. The van der Waals surface area contributed by atoms with Gasteiger partial charge in [0.2, 0.25) is 0 Å². The second kappa shape index (κ2) is 5.64. The molecule has 0 aromatic heterocycles. The maximum absolute atomic E-state index is 5.81. The lowest BCUT2D eigenvalue weighted by atomic mass is 9.92. The Morgan fingerprint density at radius 2 is 1.68 bits per heavy atom. The second-order valence-electron chi connectivity index (χ2n) is 6.37. The molecule has 0 radical (unpaired) electrons. The minimum absolute atomic E-state index is 0.437. The van der Waals surface area contributed by atoms with Gasteiger partial charge in [-0.05, 0) is 93.3 Å². The van der Waals surface area contributed by atoms with Gasteiger partial charge in [-0.15, -0.1) is 0 Å². The first kappa shape index (κ1) is 14.5. The van der Waals surface area contributed by atoms with E-state index in [4.69, 9.17) is 5.73 Å². The van der Waals surface area contributed by atoms with Gasteiger partial charge in [0.15, 0.2) is 0 Å². The van der Waals surface area contributed by atoms with Gasteiger partial charge in [0.05, 0.1) is 0 Å². The Bertz CT molecular complexity index is 433. The fourth-order valence-corrected chi connectivity index (χ4v) is 2.87. The van der Waals surface area contributed by atoms with Crippen LogP contribution in [0.2, 0.25) is 0 Å². The number of benzene rings is 1. The summed E-state index contributed by atoms with van der Waals surface area (Å²) in [7, 11) is 0. The molecule has 1 aliphatic carbocycles. The predicted molar refractivity (Wildman–Crippen MR) is 82.7 cm³/mol. The van der Waals surface area contributed by atoms with Crippen LogP contribution < -0.4 is 11.1 Å². The zero-order valence-electron chi connectivity index (χ0n) is 12.9. The van der Waals surface area contributed by atoms with E-state index in [9.17, 15) is 0 Å². The van der Waals surface area contributed by atoms with Crippen LogP contribution in [0.25, 0.3) is 0 Å². The van der Waals surface area contributed by atoms with Crippen molar-refractivity contribution in [3.63, 3.8) is 0 Å². The van der Waals surface area contributed by atoms with Crippen LogP contribution in [0.1, 0.15) is 40.7 Å². The summed E-state index contributed by atoms with van der Waals surface area (Å²) < 4.78 is 0. The van der Waals surface area contributed by atoms with Gasteiger partial charge < -0.3 is 11.1 Å². The van der Waals surface area contributed by atoms with Crippen LogP contribution >= 0.6 is 0 Å². The number of hydrogen-bond donors (Lipinski definition) is 2. The predicted octanol–water partition coefficient (Wildman–Crippen LogP) is 2.79. The molecule has 1 aromatic rings. The molecule has 106 valence electrons. The maximum atomic E-state index is 5.81. The van der Waals surface area contributed by atoms with Crippen LogP contribution in [0.4, 0.5) is 0 Å². The quantitative estimate of drug-likeness (QED) is 0.772. The smallest absolute Gasteiger partial charge is 0.00200 e. The van der Waals surface area contributed by atoms with Gasteiger partial charge in [-0.2, -0.15) is 0 Å². The van der Waals surface area contributed by atoms with E-state index in [2.05, 4.69) is 39.1 Å². The van der Waals surface area contributed by atoms with Crippen molar-refractivity contribution in [3.8, 4) is 0 Å². The molecule has 0 amide bonds. The van der Waals surface area contributed by atoms with Crippen molar-refractivity contribution in [2.45, 2.75) is 47.0 Å². The Morgan fingerprint density at radius 3 is 2.16 bits per heavy atom. The molecule has 3 N–H and O–H groups in total. The highest BCUT2D eigenvalue weighted by molar-refractivity contribution is 5.44. The highest BCUT2D eigenvalue weighted by Crippen LogP contribution is 2.43. The molecule has 2 nitrogen and oxygen atoms in total. The molecule has 0 aliphatic heterocycles. The number of rotatable bonds is 6. The van der Waals surface area contributed by atoms with Gasteiger partial charge in [0.25, 0.3) is 0 Å². The van der Waals surface area contributed by atoms with Gasteiger partial charge in [-0.1, -0.05) is 6.07 Å². The first-order valence-corrected chi connectivity index (χ1v) is 7.46. The third kappa shape index (κ3) is 3.18. The van der Waals surface area contributed by atoms with Crippen LogP contribution in [0.15, 0.2) is 6.07 Å². The third-order valence-corrected chi connectivity index (χ3v) is 4.96. The summed E-state index contributed by atoms with van der Waals surface area (Å²) in [5, 5.41) is 3.60. The lowest BCUT2D eigenvalue weighted by Crippen LogP contribution is -2.31. The Morgan fingerprint density at radius 1 is 1.11 bits per heavy atom. The fourth-order valence-electron chi connectivity index (χ4n) is 2.87. The molecular weight excluding hydrogens is 232 g/mol. The Labute approximate surface area is 117 Å². The van der Waals surface area contributed by atoms with Crippen LogP contribution in [0, 0.1) is 33.1 Å². The molecule has 0 saturated heterocycles. The highest BCUT2D eigenvalue weighted by Gasteiger charge is 2.40. The van der Waals surface area contributed by atoms with E-state index in [1.54, 1.807) is 0 Å². The standard InChI is InChI=1S/C17H28N2/c1-12-9-13(2)15(4)16(14(12)3)5-8-19-11-17(10-18)6-7-17/h9,19H,5-8,10-11,18H2,1-4H3. The number of hydrogen-bond acceptors (Lipinski definition) is 2. The van der Waals surface area contributed by atoms with Crippen LogP contribution in [0.5, 0.6) is 0 Å². The van der Waals surface area contributed by atoms with Crippen molar-refractivity contribution in [1.82, 2.24) is 5.32 Å². The van der Waals surface area contributed by atoms with Gasteiger partial charge >= 0.3 is 0 Å². The number of nitrogens with one attached hydrogen (secondary N) is 1. The normalized spacial score (nSPS) is 16.7. The van der Waals surface area contributed by atoms with Crippen molar-refractivity contribution < 1.29 is 0 Å². The molecular formula is C17H28N2. The summed E-state index contributed by atoms with van der Waals surface area (Å²) in [6.07, 6.45) is 3.73. The SMILES string of the molecule is Cc1cc(C)c(C)c(CCNCC2(CN)CC2)c1C. The minimum Gasteiger partial charge on any atom is -0.330 e. The lowest BCUT2D eigenvalue weighted by molar-refractivity contribution is 0.470. The first-order chi connectivity index (χ1) is 8.99. The van der Waals surface area contributed by atoms with E-state index in [0.29, 0.717) is 5.41 Å². The van der Waals surface area contributed by atoms with E-state index in [1.807, 2.05) is 0 Å². The monoisotopic (exact) mass is 260 g/mol. The van der Waals surface area contributed by atoms with Crippen LogP contribution in [-0.4, -0.2) is 19.6 Å². The molecule has 0 spiro atoms. The van der Waals surface area contributed by atoms with Crippen molar-refractivity contribution in [2.75, 3.05) is 19.6 Å². The highest BCUT2D eigenvalue weighted by atomic mass is 14.9. The Kier molecular flexibility index (Phi) is 4.32. The summed E-state index contributed by atoms with van der Waals surface area (Å²) in [5.41, 5.74) is 13.5. The number of aryl methyl sites for hydroxylation is 2. The van der Waals surface area contributed by atoms with E-state index < -0.39 is 0 Å². The summed E-state index contributed by atoms with van der Waals surface area (Å²) in [4.78, 5) is 0. The van der Waals surface area contributed by atoms with Crippen molar-refractivity contribution in [3.05, 3.63) is 33.9 Å². The average Bonchev–Trinajstić information content (AvgIpc) is 3.16. The maximum Gasteiger partial charge on any atom is 0.00200 e. The average molecular weight is 260 g/mol. The van der Waals surface area contributed by atoms with Gasteiger partial charge in [-0.3, -0.25) is 0 Å². The van der Waals surface area contributed by atoms with Gasteiger partial charge in [-0.25, -0.2) is 0 Å². The summed E-state index contributed by atoms with van der Waals surface area (Å²) in [6, 6.07) is 2.30. The van der Waals surface area contributed by atoms with E-state index in [-0.39, 0.29) is 0 Å². The van der Waals surface area contributed by atoms with Crippen molar-refractivity contribution >= 4 is 0 Å². The molecule has 1 fully saturated rings. The molecule has 0 bridgehead atoms. The zero-order chi connectivity index (χ0) is 14.0. The molecule has 1 aliphatic rings. The summed E-state index contributed by atoms with van der Waals surface area (Å²) >= 11 is 0. The lowest BCUT2D eigenvalue weighted by Gasteiger charge is -2.17. The third-order valence-electron chi connectivity index (χ3n) is 4.96. The Hall–Kier alpha value is -0.860.